The van der Waals surface area contributed by atoms with E-state index in [0.717, 1.165) is 0 Å². The number of carbonyl (C=O) groups excluding carboxylic acids is 1. The van der Waals surface area contributed by atoms with Crippen LogP contribution in [-0.2, 0) is 9.45 Å². The number of hydrogen-bond acceptors (Lipinski definition) is 4. The molecule has 2 aromatic carbocycles. The van der Waals surface area contributed by atoms with Gasteiger partial charge in [-0.25, -0.2) is 8.78 Å². The molecule has 142 valence electrons. The number of rotatable bonds is 8. The maximum Gasteiger partial charge on any atom is 0.429 e. The highest BCUT2D eigenvalue weighted by Gasteiger charge is 2.28. The van der Waals surface area contributed by atoms with Gasteiger partial charge >= 0.3 is 12.9 Å². The summed E-state index contributed by atoms with van der Waals surface area (Å²) in [5, 5.41) is 0. The highest BCUT2D eigenvalue weighted by molar-refractivity contribution is 6.81. The number of hydrogen-bond donors (Lipinski definition) is 3. The zero-order valence-electron chi connectivity index (χ0n) is 14.6. The molecule has 0 fully saturated rings. The van der Waals surface area contributed by atoms with Crippen LogP contribution in [0.5, 0.6) is 0 Å². The molecule has 0 aromatic heterocycles. The molecule has 0 saturated heterocycles. The summed E-state index contributed by atoms with van der Waals surface area (Å²) in [6, 6.07) is 10.2. The topological polar surface area (TPSA) is 117 Å². The first-order valence-electron chi connectivity index (χ1n) is 8.39. The summed E-state index contributed by atoms with van der Waals surface area (Å²) in [5.41, 5.74) is 17.4. The number of carbonyl (C=O) groups is 1. The second kappa shape index (κ2) is 9.68. The zero-order valence-corrected chi connectivity index (χ0v) is 14.6. The summed E-state index contributed by atoms with van der Waals surface area (Å²) in [7, 11) is 0. The molecule has 0 unspecified atom stereocenters. The van der Waals surface area contributed by atoms with Gasteiger partial charge in [0.25, 0.3) is 0 Å². The van der Waals surface area contributed by atoms with Gasteiger partial charge in [0.2, 0.25) is 0 Å². The Kier molecular flexibility index (Phi) is 7.30. The van der Waals surface area contributed by atoms with Gasteiger partial charge in [0.15, 0.2) is 5.96 Å². The van der Waals surface area contributed by atoms with E-state index in [0.29, 0.717) is 30.3 Å². The van der Waals surface area contributed by atoms with Crippen LogP contribution in [0.1, 0.15) is 12.8 Å². The molecule has 2 aromatic rings. The maximum absolute atomic E-state index is 13.2. The fourth-order valence-electron chi connectivity index (χ4n) is 2.44. The predicted molar refractivity (Wildman–Crippen MR) is 102 cm³/mol. The fraction of sp³-hybridized carbons (Fsp3) is 0.222. The molecule has 0 bridgehead atoms. The Bertz CT molecular complexity index is 735. The van der Waals surface area contributed by atoms with Crippen LogP contribution < -0.4 is 28.1 Å². The van der Waals surface area contributed by atoms with Gasteiger partial charge < -0.3 is 21.9 Å². The largest absolute Gasteiger partial charge is 0.525 e. The number of halogens is 2. The molecule has 1 atom stereocenters. The molecular weight excluding hydrogens is 353 g/mol. The van der Waals surface area contributed by atoms with Crippen LogP contribution in [-0.4, -0.2) is 31.4 Å². The summed E-state index contributed by atoms with van der Waals surface area (Å²) < 4.78 is 32.0. The van der Waals surface area contributed by atoms with Crippen molar-refractivity contribution in [3.05, 3.63) is 60.2 Å². The van der Waals surface area contributed by atoms with Crippen LogP contribution >= 0.6 is 0 Å². The van der Waals surface area contributed by atoms with E-state index >= 15 is 0 Å². The van der Waals surface area contributed by atoms with Crippen LogP contribution in [0.4, 0.5) is 8.78 Å². The van der Waals surface area contributed by atoms with Crippen LogP contribution in [0.3, 0.4) is 0 Å². The number of benzene rings is 2. The van der Waals surface area contributed by atoms with Gasteiger partial charge in [0.1, 0.15) is 17.7 Å². The van der Waals surface area contributed by atoms with Crippen LogP contribution in [0.15, 0.2) is 53.5 Å². The Morgan fingerprint density at radius 2 is 1.48 bits per heavy atom. The third-order valence-corrected chi connectivity index (χ3v) is 3.85. The molecule has 0 heterocycles. The van der Waals surface area contributed by atoms with E-state index in [1.165, 1.54) is 48.5 Å². The molecule has 0 spiro atoms. The normalized spacial score (nSPS) is 11.5. The average Bonchev–Trinajstić information content (AvgIpc) is 2.64. The van der Waals surface area contributed by atoms with Crippen molar-refractivity contribution in [2.45, 2.75) is 18.9 Å². The van der Waals surface area contributed by atoms with E-state index < -0.39 is 30.6 Å². The van der Waals surface area contributed by atoms with Crippen LogP contribution in [0.2, 0.25) is 0 Å². The van der Waals surface area contributed by atoms with Gasteiger partial charge in [0, 0.05) is 6.54 Å². The van der Waals surface area contributed by atoms with Gasteiger partial charge in [-0.1, -0.05) is 24.3 Å². The second-order valence-corrected chi connectivity index (χ2v) is 5.98. The van der Waals surface area contributed by atoms with Crippen LogP contribution in [0.25, 0.3) is 0 Å². The quantitative estimate of drug-likeness (QED) is 0.260. The Hall–Kier alpha value is -2.94. The Labute approximate surface area is 156 Å². The monoisotopic (exact) mass is 374 g/mol. The summed E-state index contributed by atoms with van der Waals surface area (Å²) in [5.74, 6) is -1.49. The van der Waals surface area contributed by atoms with E-state index in [2.05, 4.69) is 4.99 Å². The lowest BCUT2D eigenvalue weighted by Crippen LogP contribution is -2.49. The molecule has 0 aliphatic carbocycles. The molecule has 9 heteroatoms. The van der Waals surface area contributed by atoms with E-state index in [1.807, 2.05) is 0 Å². The third kappa shape index (κ3) is 6.38. The van der Waals surface area contributed by atoms with Gasteiger partial charge in [0.05, 0.1) is 0 Å². The molecular formula is C18H21BF2N4O2. The summed E-state index contributed by atoms with van der Waals surface area (Å²) in [6.45, 7) is -0.481. The standard InChI is InChI=1S/C18H21BF2N4O2/c20-14-7-3-12(4-8-14)19(13-5-9-15(21)10-6-13)27-17(26)16(22)2-1-11-25-18(23)24/h3-10,16H,1-2,11,22H2,(H4,23,24,25)/t16-/m0/s1. The van der Waals surface area contributed by atoms with Crippen molar-refractivity contribution in [1.82, 2.24) is 0 Å². The van der Waals surface area contributed by atoms with Gasteiger partial charge in [-0.2, -0.15) is 0 Å². The van der Waals surface area contributed by atoms with Crippen molar-refractivity contribution in [2.75, 3.05) is 6.54 Å². The Morgan fingerprint density at radius 1 is 1.00 bits per heavy atom. The maximum atomic E-state index is 13.2. The smallest absolute Gasteiger partial charge is 0.429 e. The molecule has 0 aliphatic heterocycles. The lowest BCUT2D eigenvalue weighted by molar-refractivity contribution is -0.136. The number of aliphatic imine (C=N–C) groups is 1. The summed E-state index contributed by atoms with van der Waals surface area (Å²) in [6.07, 6.45) is 0.834. The van der Waals surface area contributed by atoms with Crippen molar-refractivity contribution >= 4 is 29.8 Å². The first-order valence-corrected chi connectivity index (χ1v) is 8.39. The molecule has 0 amide bonds. The molecule has 0 saturated carbocycles. The van der Waals surface area contributed by atoms with Crippen molar-refractivity contribution < 1.29 is 18.2 Å². The number of guanidine groups is 1. The highest BCUT2D eigenvalue weighted by Crippen LogP contribution is 2.03. The molecule has 0 aliphatic rings. The second-order valence-electron chi connectivity index (χ2n) is 5.98. The minimum absolute atomic E-state index is 0.0289. The third-order valence-electron chi connectivity index (χ3n) is 3.85. The first-order chi connectivity index (χ1) is 12.9. The zero-order chi connectivity index (χ0) is 19.8. The highest BCUT2D eigenvalue weighted by atomic mass is 19.1. The van der Waals surface area contributed by atoms with E-state index in [4.69, 9.17) is 21.9 Å². The van der Waals surface area contributed by atoms with Gasteiger partial charge in [-0.05, 0) is 48.0 Å². The van der Waals surface area contributed by atoms with E-state index in [9.17, 15) is 13.6 Å². The van der Waals surface area contributed by atoms with Crippen molar-refractivity contribution in [1.29, 1.82) is 0 Å². The first kappa shape index (κ1) is 20.4. The molecule has 6 nitrogen and oxygen atoms in total. The summed E-state index contributed by atoms with van der Waals surface area (Å²) in [4.78, 5) is 16.2. The minimum atomic E-state index is -0.873. The average molecular weight is 374 g/mol. The lowest BCUT2D eigenvalue weighted by atomic mass is 9.55. The van der Waals surface area contributed by atoms with Crippen LogP contribution in [0, 0.1) is 11.6 Å². The number of nitrogens with two attached hydrogens (primary N) is 3. The SMILES string of the molecule is NC(N)=NCCC[C@H](N)C(=O)OB(c1ccc(F)cc1)c1ccc(F)cc1. The van der Waals surface area contributed by atoms with Crippen molar-refractivity contribution in [3.63, 3.8) is 0 Å². The van der Waals surface area contributed by atoms with Crippen molar-refractivity contribution in [2.24, 2.45) is 22.2 Å². The predicted octanol–water partition coefficient (Wildman–Crippen LogP) is -0.00540. The van der Waals surface area contributed by atoms with Gasteiger partial charge in [-0.15, -0.1) is 0 Å². The van der Waals surface area contributed by atoms with Gasteiger partial charge in [-0.3, -0.25) is 9.79 Å². The lowest BCUT2D eigenvalue weighted by Gasteiger charge is -2.18. The number of nitrogens with zero attached hydrogens (tertiary/aromatic N) is 1. The molecule has 2 rings (SSSR count). The summed E-state index contributed by atoms with van der Waals surface area (Å²) >= 11 is 0. The minimum Gasteiger partial charge on any atom is -0.525 e. The fourth-order valence-corrected chi connectivity index (χ4v) is 2.44. The molecule has 0 radical (unpaired) electrons. The molecule has 6 N–H and O–H groups in total. The van der Waals surface area contributed by atoms with E-state index in [-0.39, 0.29) is 5.96 Å². The Morgan fingerprint density at radius 3 is 1.93 bits per heavy atom. The van der Waals surface area contributed by atoms with E-state index in [1.54, 1.807) is 0 Å². The Balaban J connectivity index is 2.11. The molecule has 27 heavy (non-hydrogen) atoms. The van der Waals surface area contributed by atoms with Crippen molar-refractivity contribution in [3.8, 4) is 0 Å².